The molecule has 3 aromatic rings. The Morgan fingerprint density at radius 3 is 2.55 bits per heavy atom. The maximum Gasteiger partial charge on any atom is 0.407 e. The Kier molecular flexibility index (Phi) is 5.72. The first-order chi connectivity index (χ1) is 15.3. The predicted octanol–water partition coefficient (Wildman–Crippen LogP) is 5.31. The number of piperidine rings is 1. The van der Waals surface area contributed by atoms with Crippen LogP contribution >= 0.6 is 0 Å². The van der Waals surface area contributed by atoms with E-state index in [-0.39, 0.29) is 33.7 Å². The topological polar surface area (TPSA) is 101 Å². The fourth-order valence-corrected chi connectivity index (χ4v) is 5.16. The third kappa shape index (κ3) is 4.59. The zero-order chi connectivity index (χ0) is 24.1. The molecule has 9 heteroatoms. The van der Waals surface area contributed by atoms with E-state index in [0.29, 0.717) is 30.5 Å². The van der Waals surface area contributed by atoms with Gasteiger partial charge in [0.1, 0.15) is 11.3 Å². The van der Waals surface area contributed by atoms with Gasteiger partial charge in [0.05, 0.1) is 10.5 Å². The number of nitrogens with zero attached hydrogens (tertiary/aromatic N) is 2. The molecule has 1 saturated heterocycles. The number of carboxylic acid groups (broad SMARTS) is 1. The van der Waals surface area contributed by atoms with E-state index in [4.69, 9.17) is 4.42 Å². The van der Waals surface area contributed by atoms with Crippen molar-refractivity contribution in [2.24, 2.45) is 5.41 Å². The van der Waals surface area contributed by atoms with Crippen molar-refractivity contribution in [3.63, 3.8) is 0 Å². The fourth-order valence-electron chi connectivity index (χ4n) is 4.53. The van der Waals surface area contributed by atoms with Crippen molar-refractivity contribution < 1.29 is 27.1 Å². The van der Waals surface area contributed by atoms with Crippen molar-refractivity contribution >= 4 is 27.0 Å². The van der Waals surface area contributed by atoms with Crippen molar-refractivity contribution in [2.75, 3.05) is 12.8 Å². The molecule has 1 amide bonds. The number of sulfone groups is 1. The molecule has 2 atom stereocenters. The minimum Gasteiger partial charge on any atom is -0.465 e. The highest BCUT2D eigenvalue weighted by Crippen LogP contribution is 2.40. The molecular formula is C24H27FN2O5S. The summed E-state index contributed by atoms with van der Waals surface area (Å²) in [5.74, 6) is -0.480. The Morgan fingerprint density at radius 2 is 1.94 bits per heavy atom. The van der Waals surface area contributed by atoms with Gasteiger partial charge in [-0.2, -0.15) is 0 Å². The van der Waals surface area contributed by atoms with E-state index >= 15 is 0 Å². The van der Waals surface area contributed by atoms with Crippen molar-refractivity contribution in [3.05, 3.63) is 47.8 Å². The van der Waals surface area contributed by atoms with Crippen LogP contribution in [0.4, 0.5) is 9.18 Å². The zero-order valence-electron chi connectivity index (χ0n) is 19.0. The minimum atomic E-state index is -3.52. The van der Waals surface area contributed by atoms with Crippen molar-refractivity contribution in [3.8, 4) is 11.5 Å². The second-order valence-electron chi connectivity index (χ2n) is 9.74. The van der Waals surface area contributed by atoms with Gasteiger partial charge < -0.3 is 14.4 Å². The van der Waals surface area contributed by atoms with E-state index < -0.39 is 21.7 Å². The monoisotopic (exact) mass is 474 g/mol. The number of benzene rings is 2. The lowest BCUT2D eigenvalue weighted by atomic mass is 9.75. The summed E-state index contributed by atoms with van der Waals surface area (Å²) in [6.07, 6.45) is 1.53. The maximum absolute atomic E-state index is 14.6. The number of oxazole rings is 1. The smallest absolute Gasteiger partial charge is 0.407 e. The molecule has 1 aromatic heterocycles. The average Bonchev–Trinajstić information content (AvgIpc) is 3.14. The number of halogens is 1. The first kappa shape index (κ1) is 23.2. The lowest BCUT2D eigenvalue weighted by Gasteiger charge is -2.44. The number of hydrogen-bond donors (Lipinski definition) is 1. The summed E-state index contributed by atoms with van der Waals surface area (Å²) in [7, 11) is -3.52. The summed E-state index contributed by atoms with van der Waals surface area (Å²) in [6.45, 7) is 6.61. The molecule has 0 spiro atoms. The van der Waals surface area contributed by atoms with Crippen LogP contribution in [0.5, 0.6) is 0 Å². The molecule has 4 rings (SSSR count). The van der Waals surface area contributed by atoms with Gasteiger partial charge in [0.25, 0.3) is 0 Å². The molecule has 33 heavy (non-hydrogen) atoms. The summed E-state index contributed by atoms with van der Waals surface area (Å²) in [5.41, 5.74) is 1.99. The molecular weight excluding hydrogens is 447 g/mol. The molecule has 0 radical (unpaired) electrons. The van der Waals surface area contributed by atoms with Crippen molar-refractivity contribution in [1.29, 1.82) is 0 Å². The van der Waals surface area contributed by atoms with Gasteiger partial charge in [0.2, 0.25) is 5.89 Å². The highest BCUT2D eigenvalue weighted by Gasteiger charge is 2.39. The quantitative estimate of drug-likeness (QED) is 0.552. The van der Waals surface area contributed by atoms with Gasteiger partial charge in [-0.3, -0.25) is 0 Å². The van der Waals surface area contributed by atoms with Gasteiger partial charge in [-0.1, -0.05) is 26.8 Å². The highest BCUT2D eigenvalue weighted by molar-refractivity contribution is 7.90. The third-order valence-electron chi connectivity index (χ3n) is 6.33. The van der Waals surface area contributed by atoms with E-state index in [2.05, 4.69) is 4.98 Å². The molecule has 1 fully saturated rings. The van der Waals surface area contributed by atoms with Crippen molar-refractivity contribution in [2.45, 2.75) is 50.5 Å². The molecule has 0 aliphatic carbocycles. The molecule has 1 aliphatic rings. The van der Waals surface area contributed by atoms with E-state index in [0.717, 1.165) is 17.9 Å². The van der Waals surface area contributed by atoms with Gasteiger partial charge >= 0.3 is 6.09 Å². The normalized spacial score (nSPS) is 19.7. The highest BCUT2D eigenvalue weighted by atomic mass is 32.2. The number of aromatic nitrogens is 1. The second kappa shape index (κ2) is 8.13. The van der Waals surface area contributed by atoms with Crippen LogP contribution in [0.25, 0.3) is 22.6 Å². The van der Waals surface area contributed by atoms with Crippen LogP contribution < -0.4 is 0 Å². The van der Waals surface area contributed by atoms with Gasteiger partial charge in [-0.15, -0.1) is 0 Å². The van der Waals surface area contributed by atoms with Crippen molar-refractivity contribution in [1.82, 2.24) is 9.88 Å². The number of rotatable bonds is 3. The summed E-state index contributed by atoms with van der Waals surface area (Å²) in [5, 5.41) is 9.60. The lowest BCUT2D eigenvalue weighted by Crippen LogP contribution is -2.51. The summed E-state index contributed by atoms with van der Waals surface area (Å²) in [4.78, 5) is 17.6. The molecule has 1 aliphatic heterocycles. The minimum absolute atomic E-state index is 0.0768. The average molecular weight is 475 g/mol. The maximum atomic E-state index is 14.6. The van der Waals surface area contributed by atoms with E-state index in [9.17, 15) is 22.7 Å². The number of carbonyl (C=O) groups is 1. The second-order valence-corrected chi connectivity index (χ2v) is 11.8. The molecule has 0 bridgehead atoms. The van der Waals surface area contributed by atoms with Gasteiger partial charge in [-0.25, -0.2) is 22.6 Å². The molecule has 2 aromatic carbocycles. The van der Waals surface area contributed by atoms with Crippen LogP contribution in [0.3, 0.4) is 0 Å². The van der Waals surface area contributed by atoms with Crippen LogP contribution in [0, 0.1) is 11.2 Å². The van der Waals surface area contributed by atoms with Crippen LogP contribution in [0.1, 0.15) is 45.1 Å². The summed E-state index contributed by atoms with van der Waals surface area (Å²) >= 11 is 0. The SMILES string of the molecule is CC(C)(C)C1CC(c2ccc3oc(-c4ccc(S(C)(=O)=O)cc4F)nc3c2)CCN1C(=O)O. The van der Waals surface area contributed by atoms with Gasteiger partial charge in [0.15, 0.2) is 15.4 Å². The van der Waals surface area contributed by atoms with Gasteiger partial charge in [-0.05, 0) is 60.1 Å². The molecule has 176 valence electrons. The number of likely N-dealkylation sites (tertiary alicyclic amines) is 1. The Hall–Kier alpha value is -2.94. The van der Waals surface area contributed by atoms with E-state index in [1.807, 2.05) is 32.9 Å². The Labute approximate surface area is 192 Å². The lowest BCUT2D eigenvalue weighted by molar-refractivity contribution is 0.0526. The van der Waals surface area contributed by atoms with E-state index in [1.165, 1.54) is 17.0 Å². The largest absolute Gasteiger partial charge is 0.465 e. The van der Waals surface area contributed by atoms with Crippen LogP contribution in [0.2, 0.25) is 0 Å². The Balaban J connectivity index is 1.65. The standard InChI is InChI=1S/C24H27FN2O5S/c1-24(2,3)21-12-15(9-10-27(21)23(28)29)14-5-8-20-19(11-14)26-22(32-20)17-7-6-16(13-18(17)25)33(4,30)31/h5-8,11,13,15,21H,9-10,12H2,1-4H3,(H,28,29). The summed E-state index contributed by atoms with van der Waals surface area (Å²) in [6, 6.07) is 9.18. The molecule has 7 nitrogen and oxygen atoms in total. The Morgan fingerprint density at radius 1 is 1.21 bits per heavy atom. The third-order valence-corrected chi connectivity index (χ3v) is 7.44. The van der Waals surface area contributed by atoms with Crippen LogP contribution in [-0.2, 0) is 9.84 Å². The molecule has 1 N–H and O–H groups in total. The predicted molar refractivity (Wildman–Crippen MR) is 122 cm³/mol. The molecule has 2 unspecified atom stereocenters. The van der Waals surface area contributed by atoms with Crippen LogP contribution in [0.15, 0.2) is 45.7 Å². The van der Waals surface area contributed by atoms with E-state index in [1.54, 1.807) is 6.07 Å². The first-order valence-electron chi connectivity index (χ1n) is 10.7. The number of amides is 1. The Bertz CT molecular complexity index is 1330. The molecule has 2 heterocycles. The number of hydrogen-bond acceptors (Lipinski definition) is 5. The fraction of sp³-hybridized carbons (Fsp3) is 0.417. The molecule has 0 saturated carbocycles. The first-order valence-corrected chi connectivity index (χ1v) is 12.6. The summed E-state index contributed by atoms with van der Waals surface area (Å²) < 4.78 is 43.7. The zero-order valence-corrected chi connectivity index (χ0v) is 19.8. The van der Waals surface area contributed by atoms with Crippen LogP contribution in [-0.4, -0.2) is 48.3 Å². The van der Waals surface area contributed by atoms with Gasteiger partial charge in [0, 0.05) is 18.8 Å². The number of fused-ring (bicyclic) bond motifs is 1.